The highest BCUT2D eigenvalue weighted by Gasteiger charge is 2.45. The van der Waals surface area contributed by atoms with Gasteiger partial charge in [0.1, 0.15) is 17.3 Å². The Bertz CT molecular complexity index is 6240. The predicted molar refractivity (Wildman–Crippen MR) is 364 cm³/mol. The highest BCUT2D eigenvalue weighted by atomic mass is 28.3. The van der Waals surface area contributed by atoms with Gasteiger partial charge in [-0.1, -0.05) is 265 Å². The summed E-state index contributed by atoms with van der Waals surface area (Å²) in [5, 5.41) is -1.13. The molecular weight excluding hydrogens is 1070 g/mol. The van der Waals surface area contributed by atoms with Crippen molar-refractivity contribution >= 4 is 61.7 Å². The van der Waals surface area contributed by atoms with Crippen molar-refractivity contribution in [3.05, 3.63) is 308 Å². The summed E-state index contributed by atoms with van der Waals surface area (Å²) in [6.07, 6.45) is 4.71. The molecule has 14 aromatic rings. The quantitative estimate of drug-likeness (QED) is 0.0529. The smallest absolute Gasteiger partial charge is 0.269 e. The summed E-state index contributed by atoms with van der Waals surface area (Å²) < 4.78 is 271. The van der Waals surface area contributed by atoms with E-state index in [1.807, 2.05) is 71.9 Å². The Morgan fingerprint density at radius 2 is 1.09 bits per heavy atom. The summed E-state index contributed by atoms with van der Waals surface area (Å²) in [6.45, 7) is 8.55. The number of pyridine rings is 1. The van der Waals surface area contributed by atoms with Gasteiger partial charge in [-0.2, -0.15) is 0 Å². The zero-order valence-corrected chi connectivity index (χ0v) is 48.9. The van der Waals surface area contributed by atoms with E-state index >= 15 is 0 Å². The average molecular weight is 1170 g/mol. The molecule has 0 bridgehead atoms. The molecule has 0 spiro atoms. The summed E-state index contributed by atoms with van der Waals surface area (Å²) in [5.74, 6) is 0.439. The number of benzene rings is 11. The van der Waals surface area contributed by atoms with E-state index in [1.165, 1.54) is 33.5 Å². The molecule has 14 rings (SSSR count). The molecule has 11 aromatic carbocycles. The second-order valence-electron chi connectivity index (χ2n) is 22.9. The van der Waals surface area contributed by atoms with Gasteiger partial charge < -0.3 is 4.74 Å². The molecule has 0 aliphatic rings. The van der Waals surface area contributed by atoms with Crippen LogP contribution in [0.15, 0.2) is 285 Å². The van der Waals surface area contributed by atoms with Crippen molar-refractivity contribution in [3.8, 4) is 62.1 Å². The van der Waals surface area contributed by atoms with Crippen molar-refractivity contribution < 1.29 is 47.7 Å². The molecule has 0 atom stereocenters. The molecule has 5 nitrogen and oxygen atoms in total. The van der Waals surface area contributed by atoms with Gasteiger partial charge in [0.2, 0.25) is 0 Å². The molecule has 0 saturated heterocycles. The van der Waals surface area contributed by atoms with Gasteiger partial charge in [0, 0.05) is 32.7 Å². The normalized spacial score (nSPS) is 16.8. The van der Waals surface area contributed by atoms with Crippen molar-refractivity contribution in [3.63, 3.8) is 0 Å². The number of para-hydroxylation sites is 1. The first-order valence-corrected chi connectivity index (χ1v) is 29.9. The Morgan fingerprint density at radius 1 is 0.483 bits per heavy atom. The van der Waals surface area contributed by atoms with Crippen LogP contribution in [0.5, 0.6) is 11.5 Å². The summed E-state index contributed by atoms with van der Waals surface area (Å²) in [7, 11) is -6.11. The van der Waals surface area contributed by atoms with Gasteiger partial charge in [0.25, 0.3) is 6.33 Å². The third-order valence-electron chi connectivity index (χ3n) is 15.6. The number of imidazole rings is 1. The van der Waals surface area contributed by atoms with Gasteiger partial charge in [0.05, 0.1) is 67.7 Å². The first-order valence-electron chi connectivity index (χ1n) is 41.9. The number of hydrogen-bond donors (Lipinski definition) is 0. The fraction of sp³-hybridized carbons (Fsp3) is 0.111. The predicted octanol–water partition coefficient (Wildman–Crippen LogP) is 17.3. The molecule has 87 heavy (non-hydrogen) atoms. The molecule has 0 N–H and O–H groups in total. The van der Waals surface area contributed by atoms with E-state index in [9.17, 15) is 19.2 Å². The van der Waals surface area contributed by atoms with Crippen LogP contribution in [0.4, 0.5) is 0 Å². The number of fused-ring (bicyclic) bond motifs is 4. The Balaban J connectivity index is 1.11. The lowest BCUT2D eigenvalue weighted by molar-refractivity contribution is -0.570. The molecule has 6 heteroatoms. The first kappa shape index (κ1) is 31.8. The van der Waals surface area contributed by atoms with E-state index in [2.05, 4.69) is 6.33 Å². The number of hydrogen-bond acceptors (Lipinski definition) is 2. The minimum atomic E-state index is -6.11. The van der Waals surface area contributed by atoms with E-state index in [1.54, 1.807) is 83.4 Å². The van der Waals surface area contributed by atoms with Crippen molar-refractivity contribution in [2.24, 2.45) is 0 Å². The van der Waals surface area contributed by atoms with Crippen LogP contribution in [0.3, 0.4) is 0 Å². The molecule has 0 amide bonds. The Morgan fingerprint density at radius 3 is 1.75 bits per heavy atom. The number of ether oxygens (including phenoxy) is 1. The molecule has 422 valence electrons. The van der Waals surface area contributed by atoms with Gasteiger partial charge in [-0.25, -0.2) is 4.98 Å². The van der Waals surface area contributed by atoms with Crippen LogP contribution >= 0.6 is 0 Å². The maximum atomic E-state index is 10.2. The fourth-order valence-corrected chi connectivity index (χ4v) is 15.3. The van der Waals surface area contributed by atoms with E-state index in [4.69, 9.17) is 28.9 Å². The van der Waals surface area contributed by atoms with Gasteiger partial charge >= 0.3 is 0 Å². The number of aromatic nitrogens is 4. The zero-order valence-electron chi connectivity index (χ0n) is 75.9. The van der Waals surface area contributed by atoms with E-state index in [0.29, 0.717) is 32.9 Å². The molecule has 0 radical (unpaired) electrons. The third-order valence-corrected chi connectivity index (χ3v) is 19.7. The lowest BCUT2D eigenvalue weighted by Gasteiger charge is -2.38. The van der Waals surface area contributed by atoms with E-state index in [-0.39, 0.29) is 78.3 Å². The lowest BCUT2D eigenvalue weighted by Crippen LogP contribution is -2.76. The highest BCUT2D eigenvalue weighted by molar-refractivity contribution is 7.20. The van der Waals surface area contributed by atoms with Gasteiger partial charge in [-0.05, 0) is 131 Å². The minimum absolute atomic E-state index is 0.0761. The van der Waals surface area contributed by atoms with Crippen LogP contribution in [-0.2, 0) is 10.8 Å². The minimum Gasteiger partial charge on any atom is -0.458 e. The van der Waals surface area contributed by atoms with Crippen molar-refractivity contribution in [1.29, 1.82) is 0 Å². The Labute approximate surface area is 551 Å². The SMILES string of the molecule is [2H]c1c([2H])c([2H])c(-c2ccc3c(c2)n(-c2cccc(Oc4ccc5c6ccccc6n(-c6cc(C([2H])([2H])[2H])c(-c7c([2H])c([2H])c([2H])c([2H])c7[2H])cn6)c5c4)c2)[c-][n+]3-c2c(-c3cccc(C(C)(C)C)c3)cc(C(C)(C)C)cc2[Si](c2c([2H])c([2H])c([2H])c([2H])c2[2H])(c2c([2H])c([2H])c([2H])c([2H])c2[2H])c2c([2H])c([2H])c([2H])c([2H])c2[2H])c([2H])c1[2H]. The van der Waals surface area contributed by atoms with Gasteiger partial charge in [-0.3, -0.25) is 13.7 Å². The van der Waals surface area contributed by atoms with Gasteiger partial charge in [0.15, 0.2) is 8.07 Å². The molecule has 0 aliphatic carbocycles. The molecule has 3 aromatic heterocycles. The average Bonchev–Trinajstić information content (AvgIpc) is 1.13. The molecule has 0 aliphatic heterocycles. The molecule has 0 fully saturated rings. The number of nitrogens with zero attached hydrogens (tertiary/aromatic N) is 4. The summed E-state index contributed by atoms with van der Waals surface area (Å²) in [5.41, 5.74) is 0.563. The second-order valence-corrected chi connectivity index (χ2v) is 26.5. The largest absolute Gasteiger partial charge is 0.458 e. The topological polar surface area (TPSA) is 35.9 Å². The maximum absolute atomic E-state index is 10.2. The van der Waals surface area contributed by atoms with Crippen LogP contribution in [-0.4, -0.2) is 22.2 Å². The standard InChI is InChI=1S/C81H68N4OSi/c1-56-47-78(82-54-72(56)58-29-15-9-16-30-58)85-73-42-24-23-41-69(73)70-45-44-65(53-75(70)85)86-64-34-26-33-63(52-64)83-55-84(74-46-43-59(49-76(74)83)57-27-13-8-14-28-57)79-71(60-31-25-32-61(48-60)80(2,3)4)50-62(81(5,6)7)51-77(79)87(66-35-17-10-18-36-66,67-37-19-11-20-38-67)68-39-21-12-22-40-68/h8-54H,1-7H3/i1D3,8D,9D,10D,11D,12D,13D,14D,15D,16D,17D,18D,19D,20D,21D,22D,27D,28D,29D,30D,35D,36D,37D,38D,39D,40D. The molecule has 0 saturated carbocycles. The van der Waals surface area contributed by atoms with Crippen LogP contribution in [0.25, 0.3) is 83.4 Å². The first-order chi connectivity index (χ1) is 53.9. The van der Waals surface area contributed by atoms with Crippen molar-refractivity contribution in [2.75, 3.05) is 0 Å². The number of rotatable bonds is 12. The Kier molecular flexibility index (Phi) is 8.07. The van der Waals surface area contributed by atoms with Crippen LogP contribution in [0.1, 0.15) is 96.6 Å². The summed E-state index contributed by atoms with van der Waals surface area (Å²) >= 11 is 0. The Hall–Kier alpha value is -10.1. The van der Waals surface area contributed by atoms with E-state index in [0.717, 1.165) is 5.56 Å². The van der Waals surface area contributed by atoms with Gasteiger partial charge in [-0.15, -0.1) is 0 Å². The molecule has 3 heterocycles. The van der Waals surface area contributed by atoms with Crippen LogP contribution in [0.2, 0.25) is 0 Å². The lowest BCUT2D eigenvalue weighted by atomic mass is 9.83. The monoisotopic (exact) mass is 1170 g/mol. The van der Waals surface area contributed by atoms with E-state index < -0.39 is 192 Å². The highest BCUT2D eigenvalue weighted by Crippen LogP contribution is 2.39. The van der Waals surface area contributed by atoms with Crippen molar-refractivity contribution in [2.45, 2.75) is 59.2 Å². The zero-order chi connectivity index (χ0) is 83.7. The fourth-order valence-electron chi connectivity index (χ4n) is 11.3. The summed E-state index contributed by atoms with van der Waals surface area (Å²) in [6, 6.07) is 14.5. The molecular formula is C81H68N4OSi. The van der Waals surface area contributed by atoms with Crippen LogP contribution < -0.4 is 30.1 Å². The third kappa shape index (κ3) is 9.96. The second kappa shape index (κ2) is 22.0. The maximum Gasteiger partial charge on any atom is 0.269 e. The summed E-state index contributed by atoms with van der Waals surface area (Å²) in [4.78, 5) is 4.73. The van der Waals surface area contributed by atoms with Crippen LogP contribution in [0, 0.1) is 13.2 Å². The van der Waals surface area contributed by atoms with Crippen molar-refractivity contribution in [1.82, 2.24) is 14.1 Å². The number of aryl methyl sites for hydroxylation is 1. The molecule has 0 unspecified atom stereocenters.